The molecule has 0 aliphatic heterocycles. The van der Waals surface area contributed by atoms with E-state index in [1.807, 2.05) is 48.5 Å². The molecule has 4 heteroatoms. The van der Waals surface area contributed by atoms with Crippen molar-refractivity contribution in [3.63, 3.8) is 0 Å². The highest BCUT2D eigenvalue weighted by molar-refractivity contribution is 7.99. The highest BCUT2D eigenvalue weighted by atomic mass is 32.2. The first-order valence-electron chi connectivity index (χ1n) is 6.47. The Bertz CT molecular complexity index is 659. The summed E-state index contributed by atoms with van der Waals surface area (Å²) in [6.45, 7) is 0. The van der Waals surface area contributed by atoms with Crippen molar-refractivity contribution in [2.24, 2.45) is 0 Å². The fraction of sp³-hybridized carbons (Fsp3) is 0.176. The fourth-order valence-electron chi connectivity index (χ4n) is 1.92. The molecule has 0 saturated heterocycles. The van der Waals surface area contributed by atoms with Gasteiger partial charge in [-0.05, 0) is 22.8 Å². The zero-order chi connectivity index (χ0) is 15.1. The lowest BCUT2D eigenvalue weighted by atomic mass is 10.00. The second-order valence-corrected chi connectivity index (χ2v) is 5.41. The van der Waals surface area contributed by atoms with Crippen LogP contribution in [0.5, 0.6) is 0 Å². The molecule has 0 aliphatic rings. The van der Waals surface area contributed by atoms with Crippen molar-refractivity contribution in [2.75, 3.05) is 12.9 Å². The third kappa shape index (κ3) is 4.11. The molecule has 0 radical (unpaired) electrons. The molecule has 0 spiro atoms. The van der Waals surface area contributed by atoms with Crippen molar-refractivity contribution < 1.29 is 9.53 Å². The van der Waals surface area contributed by atoms with Crippen molar-refractivity contribution in [2.45, 2.75) is 5.75 Å². The molecule has 0 bridgehead atoms. The van der Waals surface area contributed by atoms with E-state index in [2.05, 4.69) is 10.8 Å². The van der Waals surface area contributed by atoms with Gasteiger partial charge < -0.3 is 4.74 Å². The Morgan fingerprint density at radius 2 is 1.90 bits per heavy atom. The summed E-state index contributed by atoms with van der Waals surface area (Å²) in [6, 6.07) is 17.8. The van der Waals surface area contributed by atoms with E-state index in [0.29, 0.717) is 11.3 Å². The van der Waals surface area contributed by atoms with Crippen molar-refractivity contribution in [3.05, 3.63) is 59.7 Å². The summed E-state index contributed by atoms with van der Waals surface area (Å²) in [5.41, 5.74) is 3.77. The molecular weight excluding hydrogens is 282 g/mol. The predicted molar refractivity (Wildman–Crippen MR) is 84.8 cm³/mol. The molecule has 2 rings (SSSR count). The Morgan fingerprint density at radius 3 is 2.57 bits per heavy atom. The van der Waals surface area contributed by atoms with E-state index < -0.39 is 0 Å². The van der Waals surface area contributed by atoms with Gasteiger partial charge in [0, 0.05) is 5.75 Å². The zero-order valence-electron chi connectivity index (χ0n) is 11.7. The molecule has 0 aliphatic carbocycles. The molecule has 0 amide bonds. The van der Waals surface area contributed by atoms with Gasteiger partial charge in [0.2, 0.25) is 0 Å². The van der Waals surface area contributed by atoms with Gasteiger partial charge in [0.15, 0.2) is 0 Å². The number of esters is 1. The van der Waals surface area contributed by atoms with Crippen molar-refractivity contribution >= 4 is 17.7 Å². The standard InChI is InChI=1S/C17H15NO2S/c1-20-17(19)12-21-11-13-6-8-14(9-7-13)16-5-3-2-4-15(16)10-18/h2-9H,11-12H2,1H3. The normalized spacial score (nSPS) is 9.90. The van der Waals surface area contributed by atoms with Crippen LogP contribution in [0.3, 0.4) is 0 Å². The van der Waals surface area contributed by atoms with Gasteiger partial charge in [0.25, 0.3) is 0 Å². The molecule has 0 heterocycles. The van der Waals surface area contributed by atoms with E-state index >= 15 is 0 Å². The van der Waals surface area contributed by atoms with E-state index in [1.54, 1.807) is 0 Å². The van der Waals surface area contributed by atoms with Crippen LogP contribution in [0, 0.1) is 11.3 Å². The van der Waals surface area contributed by atoms with Crippen LogP contribution in [0.1, 0.15) is 11.1 Å². The van der Waals surface area contributed by atoms with Gasteiger partial charge in [-0.15, -0.1) is 11.8 Å². The number of thioether (sulfide) groups is 1. The van der Waals surface area contributed by atoms with Crippen LogP contribution in [-0.2, 0) is 15.3 Å². The summed E-state index contributed by atoms with van der Waals surface area (Å²) in [4.78, 5) is 11.0. The highest BCUT2D eigenvalue weighted by Gasteiger charge is 2.05. The lowest BCUT2D eigenvalue weighted by Gasteiger charge is -2.06. The minimum Gasteiger partial charge on any atom is -0.468 e. The van der Waals surface area contributed by atoms with Gasteiger partial charge in [-0.25, -0.2) is 0 Å². The number of benzene rings is 2. The summed E-state index contributed by atoms with van der Waals surface area (Å²) < 4.78 is 4.60. The number of hydrogen-bond acceptors (Lipinski definition) is 4. The second kappa shape index (κ2) is 7.51. The van der Waals surface area contributed by atoms with E-state index in [4.69, 9.17) is 5.26 Å². The van der Waals surface area contributed by atoms with E-state index in [0.717, 1.165) is 22.4 Å². The van der Waals surface area contributed by atoms with E-state index in [9.17, 15) is 4.79 Å². The molecular formula is C17H15NO2S. The maximum absolute atomic E-state index is 11.0. The lowest BCUT2D eigenvalue weighted by molar-refractivity contribution is -0.137. The van der Waals surface area contributed by atoms with Gasteiger partial charge in [0.05, 0.1) is 24.5 Å². The average Bonchev–Trinajstić information content (AvgIpc) is 2.55. The number of carbonyl (C=O) groups excluding carboxylic acids is 1. The molecule has 0 N–H and O–H groups in total. The first kappa shape index (κ1) is 15.1. The van der Waals surface area contributed by atoms with Crippen molar-refractivity contribution in [1.29, 1.82) is 5.26 Å². The lowest BCUT2D eigenvalue weighted by Crippen LogP contribution is -2.03. The summed E-state index contributed by atoms with van der Waals surface area (Å²) >= 11 is 1.52. The van der Waals surface area contributed by atoms with Crippen molar-refractivity contribution in [3.8, 4) is 17.2 Å². The Labute approximate surface area is 128 Å². The molecule has 0 unspecified atom stereocenters. The molecule has 21 heavy (non-hydrogen) atoms. The highest BCUT2D eigenvalue weighted by Crippen LogP contribution is 2.24. The smallest absolute Gasteiger partial charge is 0.315 e. The maximum atomic E-state index is 11.0. The summed E-state index contributed by atoms with van der Waals surface area (Å²) in [6.07, 6.45) is 0. The summed E-state index contributed by atoms with van der Waals surface area (Å²) in [5, 5.41) is 9.13. The minimum absolute atomic E-state index is 0.209. The first-order valence-corrected chi connectivity index (χ1v) is 7.63. The third-order valence-electron chi connectivity index (χ3n) is 3.03. The second-order valence-electron chi connectivity index (χ2n) is 4.42. The number of methoxy groups -OCH3 is 1. The summed E-state index contributed by atoms with van der Waals surface area (Å²) in [7, 11) is 1.39. The Morgan fingerprint density at radius 1 is 1.19 bits per heavy atom. The van der Waals surface area contributed by atoms with Crippen LogP contribution < -0.4 is 0 Å². The fourth-order valence-corrected chi connectivity index (χ4v) is 2.74. The van der Waals surface area contributed by atoms with E-state index in [1.165, 1.54) is 18.9 Å². The SMILES string of the molecule is COC(=O)CSCc1ccc(-c2ccccc2C#N)cc1. The molecule has 0 aromatic heterocycles. The molecule has 2 aromatic rings. The molecule has 0 fully saturated rings. The van der Waals surface area contributed by atoms with Crippen LogP contribution >= 0.6 is 11.8 Å². The largest absolute Gasteiger partial charge is 0.468 e. The maximum Gasteiger partial charge on any atom is 0.315 e. The topological polar surface area (TPSA) is 50.1 Å². The molecule has 0 atom stereocenters. The van der Waals surface area contributed by atoms with Crippen LogP contribution in [0.4, 0.5) is 0 Å². The van der Waals surface area contributed by atoms with Gasteiger partial charge in [-0.1, -0.05) is 42.5 Å². The number of carbonyl (C=O) groups is 1. The number of nitrogens with zero attached hydrogens (tertiary/aromatic N) is 1. The quantitative estimate of drug-likeness (QED) is 0.791. The first-order chi connectivity index (χ1) is 10.2. The van der Waals surface area contributed by atoms with Gasteiger partial charge in [-0.2, -0.15) is 5.26 Å². The number of ether oxygens (including phenoxy) is 1. The van der Waals surface area contributed by atoms with E-state index in [-0.39, 0.29) is 5.97 Å². The number of rotatable bonds is 5. The van der Waals surface area contributed by atoms with Crippen LogP contribution in [0.15, 0.2) is 48.5 Å². The predicted octanol–water partition coefficient (Wildman–Crippen LogP) is 3.63. The Hall–Kier alpha value is -2.25. The van der Waals surface area contributed by atoms with Gasteiger partial charge >= 0.3 is 5.97 Å². The zero-order valence-corrected chi connectivity index (χ0v) is 12.5. The minimum atomic E-state index is -0.209. The summed E-state index contributed by atoms with van der Waals surface area (Å²) in [5.74, 6) is 0.907. The Kier molecular flexibility index (Phi) is 5.42. The van der Waals surface area contributed by atoms with Crippen LogP contribution in [0.2, 0.25) is 0 Å². The van der Waals surface area contributed by atoms with Crippen molar-refractivity contribution in [1.82, 2.24) is 0 Å². The molecule has 106 valence electrons. The third-order valence-corrected chi connectivity index (χ3v) is 4.01. The number of nitriles is 1. The Balaban J connectivity index is 2.05. The number of hydrogen-bond donors (Lipinski definition) is 0. The monoisotopic (exact) mass is 297 g/mol. The van der Waals surface area contributed by atoms with Gasteiger partial charge in [0.1, 0.15) is 0 Å². The average molecular weight is 297 g/mol. The molecule has 2 aromatic carbocycles. The molecule has 0 saturated carbocycles. The van der Waals surface area contributed by atoms with Crippen LogP contribution in [0.25, 0.3) is 11.1 Å². The molecule has 3 nitrogen and oxygen atoms in total. The van der Waals surface area contributed by atoms with Gasteiger partial charge in [-0.3, -0.25) is 4.79 Å². The van der Waals surface area contributed by atoms with Crippen LogP contribution in [-0.4, -0.2) is 18.8 Å².